The fraction of sp³-hybridized carbons (Fsp3) is 0.414. The third-order valence-electron chi connectivity index (χ3n) is 7.24. The van der Waals surface area contributed by atoms with E-state index >= 15 is 0 Å². The first-order chi connectivity index (χ1) is 18.1. The molecule has 2 aliphatic heterocycles. The van der Waals surface area contributed by atoms with Crippen LogP contribution < -0.4 is 4.74 Å². The fourth-order valence-corrected chi connectivity index (χ4v) is 5.20. The number of hydrogen-bond donors (Lipinski definition) is 1. The van der Waals surface area contributed by atoms with Gasteiger partial charge in [0.25, 0.3) is 0 Å². The molecule has 2 atom stereocenters. The van der Waals surface area contributed by atoms with Gasteiger partial charge in [0.1, 0.15) is 18.2 Å². The monoisotopic (exact) mass is 508 g/mol. The Bertz CT molecular complexity index is 1200. The second kappa shape index (κ2) is 11.9. The summed E-state index contributed by atoms with van der Waals surface area (Å²) in [5, 5.41) is 11.7. The molecule has 1 amide bonds. The highest BCUT2D eigenvalue weighted by Crippen LogP contribution is 2.33. The Morgan fingerprint density at radius 2 is 1.84 bits per heavy atom. The summed E-state index contributed by atoms with van der Waals surface area (Å²) in [4.78, 5) is 15.4. The minimum Gasteiger partial charge on any atom is -0.492 e. The molecule has 2 fully saturated rings. The third kappa shape index (κ3) is 6.39. The van der Waals surface area contributed by atoms with Crippen LogP contribution in [0.15, 0.2) is 60.7 Å². The van der Waals surface area contributed by atoms with E-state index in [2.05, 4.69) is 23.1 Å². The van der Waals surface area contributed by atoms with Crippen LogP contribution in [0.25, 0.3) is 10.8 Å². The summed E-state index contributed by atoms with van der Waals surface area (Å²) >= 11 is 0. The van der Waals surface area contributed by atoms with Gasteiger partial charge in [0.2, 0.25) is 0 Å². The largest absolute Gasteiger partial charge is 0.492 e. The van der Waals surface area contributed by atoms with Gasteiger partial charge in [-0.05, 0) is 47.2 Å². The van der Waals surface area contributed by atoms with Crippen LogP contribution in [0.5, 0.6) is 5.75 Å². The van der Waals surface area contributed by atoms with Gasteiger partial charge in [-0.2, -0.15) is 0 Å². The number of benzene rings is 3. The highest BCUT2D eigenvalue weighted by atomic mass is 19.1. The first-order valence-corrected chi connectivity index (χ1v) is 12.9. The van der Waals surface area contributed by atoms with Gasteiger partial charge in [-0.3, -0.25) is 4.90 Å². The smallest absolute Gasteiger partial charge is 0.407 e. The zero-order valence-corrected chi connectivity index (χ0v) is 20.9. The Kier molecular flexibility index (Phi) is 8.18. The molecule has 0 radical (unpaired) electrons. The van der Waals surface area contributed by atoms with E-state index in [1.54, 1.807) is 12.1 Å². The topological polar surface area (TPSA) is 71.5 Å². The Morgan fingerprint density at radius 3 is 2.62 bits per heavy atom. The van der Waals surface area contributed by atoms with Gasteiger partial charge in [-0.25, -0.2) is 9.18 Å². The van der Waals surface area contributed by atoms with Crippen molar-refractivity contribution in [3.05, 3.63) is 77.6 Å². The lowest BCUT2D eigenvalue weighted by molar-refractivity contribution is -0.0199. The van der Waals surface area contributed by atoms with Crippen molar-refractivity contribution in [1.29, 1.82) is 0 Å². The molecule has 0 spiro atoms. The maximum atomic E-state index is 13.5. The van der Waals surface area contributed by atoms with Crippen molar-refractivity contribution in [1.82, 2.24) is 9.80 Å². The molecule has 0 aromatic heterocycles. The van der Waals surface area contributed by atoms with Crippen molar-refractivity contribution in [3.8, 4) is 5.75 Å². The molecule has 37 heavy (non-hydrogen) atoms. The Labute approximate surface area is 216 Å². The highest BCUT2D eigenvalue weighted by Gasteiger charge is 2.33. The summed E-state index contributed by atoms with van der Waals surface area (Å²) < 4.78 is 31.6. The lowest BCUT2D eigenvalue weighted by Crippen LogP contribution is -2.46. The van der Waals surface area contributed by atoms with Crippen molar-refractivity contribution >= 4 is 16.9 Å². The van der Waals surface area contributed by atoms with Crippen LogP contribution in [0.2, 0.25) is 0 Å². The van der Waals surface area contributed by atoms with Gasteiger partial charge in [0.15, 0.2) is 0 Å². The lowest BCUT2D eigenvalue weighted by Gasteiger charge is -2.37. The number of likely N-dealkylation sites (tertiary alicyclic amines) is 1. The number of carboxylic acid groups (broad SMARTS) is 1. The number of ether oxygens (including phenoxy) is 3. The Balaban J connectivity index is 1.31. The fourth-order valence-electron chi connectivity index (χ4n) is 5.20. The first-order valence-electron chi connectivity index (χ1n) is 12.9. The molecular formula is C29H33FN2O5. The van der Waals surface area contributed by atoms with Crippen molar-refractivity contribution in [3.63, 3.8) is 0 Å². The minimum absolute atomic E-state index is 0.0131. The van der Waals surface area contributed by atoms with E-state index in [4.69, 9.17) is 14.2 Å². The molecule has 1 N–H and O–H groups in total. The van der Waals surface area contributed by atoms with Gasteiger partial charge in [0.05, 0.1) is 32.5 Å². The molecule has 3 aromatic rings. The number of morpholine rings is 1. The summed E-state index contributed by atoms with van der Waals surface area (Å²) in [6.07, 6.45) is -0.670. The summed E-state index contributed by atoms with van der Waals surface area (Å²) in [5.41, 5.74) is 1.92. The van der Waals surface area contributed by atoms with E-state index < -0.39 is 6.09 Å². The van der Waals surface area contributed by atoms with E-state index in [0.29, 0.717) is 26.2 Å². The molecule has 2 aliphatic rings. The second-order valence-electron chi connectivity index (χ2n) is 9.64. The maximum absolute atomic E-state index is 13.5. The highest BCUT2D eigenvalue weighted by molar-refractivity contribution is 5.89. The molecule has 2 unspecified atom stereocenters. The number of fused-ring (bicyclic) bond motifs is 1. The van der Waals surface area contributed by atoms with Gasteiger partial charge >= 0.3 is 6.09 Å². The molecule has 0 bridgehead atoms. The Morgan fingerprint density at radius 1 is 1.05 bits per heavy atom. The quantitative estimate of drug-likeness (QED) is 0.474. The lowest BCUT2D eigenvalue weighted by atomic mass is 9.87. The number of carbonyl (C=O) groups is 1. The molecule has 0 saturated carbocycles. The first kappa shape index (κ1) is 25.4. The van der Waals surface area contributed by atoms with Crippen molar-refractivity contribution in [2.24, 2.45) is 0 Å². The number of hydrogen-bond acceptors (Lipinski definition) is 5. The normalized spacial score (nSPS) is 20.7. The van der Waals surface area contributed by atoms with Crippen LogP contribution in [-0.2, 0) is 16.1 Å². The van der Waals surface area contributed by atoms with Crippen LogP contribution in [0.4, 0.5) is 9.18 Å². The van der Waals surface area contributed by atoms with Crippen LogP contribution in [0, 0.1) is 5.82 Å². The van der Waals surface area contributed by atoms with E-state index in [1.165, 1.54) is 17.0 Å². The predicted molar refractivity (Wildman–Crippen MR) is 139 cm³/mol. The third-order valence-corrected chi connectivity index (χ3v) is 7.24. The standard InChI is InChI=1S/C29H33FN2O5/c30-24-7-5-22(6-8-24)26-9-10-32(29(33)34)19-28(26)37-20-21-17-23-3-1-2-4-25(23)27(18-21)36-16-13-31-11-14-35-15-12-31/h1-8,17-18,26,28H,9-16,19-20H2,(H,33,34). The Hall–Kier alpha value is -3.20. The average Bonchev–Trinajstić information content (AvgIpc) is 2.93. The summed E-state index contributed by atoms with van der Waals surface area (Å²) in [6, 6.07) is 18.7. The van der Waals surface area contributed by atoms with Crippen LogP contribution >= 0.6 is 0 Å². The van der Waals surface area contributed by atoms with Crippen molar-refractivity contribution in [2.75, 3.05) is 52.5 Å². The number of halogens is 1. The van der Waals surface area contributed by atoms with Crippen molar-refractivity contribution in [2.45, 2.75) is 25.0 Å². The van der Waals surface area contributed by atoms with E-state index in [-0.39, 0.29) is 24.4 Å². The van der Waals surface area contributed by atoms with Gasteiger partial charge in [-0.15, -0.1) is 0 Å². The number of nitrogens with zero attached hydrogens (tertiary/aromatic N) is 2. The number of amides is 1. The molecule has 3 aromatic carbocycles. The van der Waals surface area contributed by atoms with E-state index in [0.717, 1.165) is 60.5 Å². The zero-order valence-electron chi connectivity index (χ0n) is 20.9. The predicted octanol–water partition coefficient (Wildman–Crippen LogP) is 4.74. The summed E-state index contributed by atoms with van der Waals surface area (Å²) in [5.74, 6) is 0.512. The SMILES string of the molecule is O=C(O)N1CCC(c2ccc(F)cc2)C(OCc2cc(OCCN3CCOCC3)c3ccccc3c2)C1. The maximum Gasteiger partial charge on any atom is 0.407 e. The molecule has 2 saturated heterocycles. The molecule has 5 rings (SSSR count). The van der Waals surface area contributed by atoms with Gasteiger partial charge in [0, 0.05) is 37.5 Å². The average molecular weight is 509 g/mol. The molecule has 2 heterocycles. The second-order valence-corrected chi connectivity index (χ2v) is 9.64. The number of piperidine rings is 1. The molecule has 8 heteroatoms. The number of rotatable bonds is 8. The van der Waals surface area contributed by atoms with Crippen LogP contribution in [0.3, 0.4) is 0 Å². The minimum atomic E-state index is -0.951. The van der Waals surface area contributed by atoms with Crippen LogP contribution in [-0.4, -0.2) is 79.6 Å². The molecular weight excluding hydrogens is 475 g/mol. The summed E-state index contributed by atoms with van der Waals surface area (Å²) in [6.45, 7) is 5.79. The van der Waals surface area contributed by atoms with Crippen molar-refractivity contribution < 1.29 is 28.5 Å². The van der Waals surface area contributed by atoms with E-state index in [9.17, 15) is 14.3 Å². The zero-order chi connectivity index (χ0) is 25.6. The molecule has 0 aliphatic carbocycles. The van der Waals surface area contributed by atoms with Gasteiger partial charge in [-0.1, -0.05) is 36.4 Å². The van der Waals surface area contributed by atoms with Crippen LogP contribution in [0.1, 0.15) is 23.5 Å². The van der Waals surface area contributed by atoms with Gasteiger partial charge < -0.3 is 24.2 Å². The molecule has 196 valence electrons. The van der Waals surface area contributed by atoms with E-state index in [1.807, 2.05) is 18.2 Å². The summed E-state index contributed by atoms with van der Waals surface area (Å²) in [7, 11) is 0. The molecule has 7 nitrogen and oxygen atoms in total.